The molecule has 0 aromatic heterocycles. The van der Waals surface area contributed by atoms with Crippen molar-refractivity contribution in [2.75, 3.05) is 7.11 Å². The van der Waals surface area contributed by atoms with Crippen LogP contribution in [-0.4, -0.2) is 48.8 Å². The number of esters is 3. The van der Waals surface area contributed by atoms with Gasteiger partial charge in [0.05, 0.1) is 7.11 Å². The molecule has 0 radical (unpaired) electrons. The summed E-state index contributed by atoms with van der Waals surface area (Å²) in [5.41, 5.74) is -0.414. The lowest BCUT2D eigenvalue weighted by Crippen LogP contribution is -2.65. The van der Waals surface area contributed by atoms with Gasteiger partial charge in [-0.3, -0.25) is 14.4 Å². The van der Waals surface area contributed by atoms with Gasteiger partial charge >= 0.3 is 17.9 Å². The summed E-state index contributed by atoms with van der Waals surface area (Å²) in [6.07, 6.45) is 9.85. The fourth-order valence-electron chi connectivity index (χ4n) is 11.4. The molecule has 11 atom stereocenters. The maximum absolute atomic E-state index is 12.6. The Morgan fingerprint density at radius 3 is 2.24 bits per heavy atom. The molecule has 1 unspecified atom stereocenters. The van der Waals surface area contributed by atoms with Gasteiger partial charge in [-0.15, -0.1) is 0 Å². The predicted octanol–water partition coefficient (Wildman–Crippen LogP) is 6.83. The van der Waals surface area contributed by atoms with Crippen LogP contribution in [0.25, 0.3) is 0 Å². The van der Waals surface area contributed by atoms with E-state index in [-0.39, 0.29) is 82.4 Å². The van der Waals surface area contributed by atoms with Crippen molar-refractivity contribution in [3.63, 3.8) is 0 Å². The van der Waals surface area contributed by atoms with Crippen molar-refractivity contribution >= 4 is 17.9 Å². The van der Waals surface area contributed by atoms with Crippen LogP contribution in [0.5, 0.6) is 0 Å². The van der Waals surface area contributed by atoms with Gasteiger partial charge in [-0.2, -0.15) is 19.6 Å². The third-order valence-corrected chi connectivity index (χ3v) is 14.0. The van der Waals surface area contributed by atoms with Gasteiger partial charge < -0.3 is 14.2 Å². The molecule has 0 amide bonds. The highest BCUT2D eigenvalue weighted by Crippen LogP contribution is 2.70. The van der Waals surface area contributed by atoms with Crippen molar-refractivity contribution < 1.29 is 48.1 Å². The SMILES string of the molecule is COC(=O)CC[C@@H](C)[C@H]1CC[C@H]2[C@@H]3[C@H](OC(C)=O)C[C@@H]4CC5(CC[C@]4(C)[C@H]3C[C@H](OC(C)=O)[C@]12C)OOC1(CCCCC1C)OO5. The molecule has 1 heterocycles. The molecule has 0 aromatic rings. The number of fused-ring (bicyclic) bond motifs is 5. The zero-order valence-electron chi connectivity index (χ0n) is 29.0. The summed E-state index contributed by atoms with van der Waals surface area (Å²) in [6, 6.07) is 0. The van der Waals surface area contributed by atoms with Crippen molar-refractivity contribution in [1.82, 2.24) is 0 Å². The summed E-state index contributed by atoms with van der Waals surface area (Å²) < 4.78 is 17.5. The van der Waals surface area contributed by atoms with Crippen LogP contribution in [0.4, 0.5) is 0 Å². The first-order valence-electron chi connectivity index (χ1n) is 17.9. The zero-order valence-corrected chi connectivity index (χ0v) is 29.0. The molecule has 10 heteroatoms. The lowest BCUT2D eigenvalue weighted by Gasteiger charge is -2.65. The molecule has 5 saturated carbocycles. The second kappa shape index (κ2) is 12.6. The fourth-order valence-corrected chi connectivity index (χ4v) is 11.4. The molecule has 6 aliphatic rings. The molecule has 10 nitrogen and oxygen atoms in total. The van der Waals surface area contributed by atoms with Crippen molar-refractivity contribution in [2.45, 2.75) is 149 Å². The second-order valence-corrected chi connectivity index (χ2v) is 16.3. The minimum Gasteiger partial charge on any atom is -0.469 e. The van der Waals surface area contributed by atoms with E-state index in [1.807, 2.05) is 0 Å². The van der Waals surface area contributed by atoms with Crippen molar-refractivity contribution in [3.05, 3.63) is 0 Å². The van der Waals surface area contributed by atoms with Crippen LogP contribution >= 0.6 is 0 Å². The maximum atomic E-state index is 12.6. The molecule has 1 saturated heterocycles. The highest BCUT2D eigenvalue weighted by Gasteiger charge is 2.69. The van der Waals surface area contributed by atoms with Gasteiger partial charge in [0.2, 0.25) is 11.6 Å². The Balaban J connectivity index is 1.28. The summed E-state index contributed by atoms with van der Waals surface area (Å²) in [5, 5.41) is 0. The molecule has 5 aliphatic carbocycles. The van der Waals surface area contributed by atoms with Crippen LogP contribution in [0.15, 0.2) is 0 Å². The average Bonchev–Trinajstić information content (AvgIpc) is 3.37. The fraction of sp³-hybridized carbons (Fsp3) is 0.917. The van der Waals surface area contributed by atoms with Gasteiger partial charge in [0.25, 0.3) is 0 Å². The highest BCUT2D eigenvalue weighted by molar-refractivity contribution is 5.69. The topological polar surface area (TPSA) is 116 Å². The Morgan fingerprint density at radius 1 is 0.870 bits per heavy atom. The first kappa shape index (κ1) is 34.1. The molecule has 46 heavy (non-hydrogen) atoms. The second-order valence-electron chi connectivity index (χ2n) is 16.3. The molecule has 6 rings (SSSR count). The summed E-state index contributed by atoms with van der Waals surface area (Å²) in [4.78, 5) is 61.9. The minimum absolute atomic E-state index is 0.110. The molecule has 2 spiro atoms. The first-order valence-corrected chi connectivity index (χ1v) is 17.9. The van der Waals surface area contributed by atoms with Gasteiger partial charge in [-0.05, 0) is 86.4 Å². The van der Waals surface area contributed by atoms with E-state index >= 15 is 0 Å². The number of hydrogen-bond donors (Lipinski definition) is 0. The molecule has 0 N–H and O–H groups in total. The lowest BCUT2D eigenvalue weighted by atomic mass is 9.42. The molecular formula is C36H56O10. The Morgan fingerprint density at radius 2 is 1.59 bits per heavy atom. The normalized spacial score (nSPS) is 47.3. The monoisotopic (exact) mass is 648 g/mol. The molecular weight excluding hydrogens is 592 g/mol. The van der Waals surface area contributed by atoms with Crippen molar-refractivity contribution in [3.8, 4) is 0 Å². The third kappa shape index (κ3) is 5.71. The summed E-state index contributed by atoms with van der Waals surface area (Å²) in [7, 11) is 1.43. The quantitative estimate of drug-likeness (QED) is 0.172. The maximum Gasteiger partial charge on any atom is 0.305 e. The number of carbonyl (C=O) groups excluding carboxylic acids is 3. The van der Waals surface area contributed by atoms with E-state index in [1.165, 1.54) is 21.0 Å². The van der Waals surface area contributed by atoms with Gasteiger partial charge in [0.1, 0.15) is 12.2 Å². The van der Waals surface area contributed by atoms with Gasteiger partial charge in [0, 0.05) is 56.8 Å². The van der Waals surface area contributed by atoms with Crippen LogP contribution < -0.4 is 0 Å². The molecule has 6 fully saturated rings. The van der Waals surface area contributed by atoms with Crippen LogP contribution in [-0.2, 0) is 48.1 Å². The minimum atomic E-state index is -1.01. The van der Waals surface area contributed by atoms with Gasteiger partial charge in [-0.25, -0.2) is 0 Å². The molecule has 0 aromatic carbocycles. The van der Waals surface area contributed by atoms with E-state index < -0.39 is 11.6 Å². The van der Waals surface area contributed by atoms with Crippen molar-refractivity contribution in [2.24, 2.45) is 52.3 Å². The smallest absolute Gasteiger partial charge is 0.305 e. The molecule has 0 bridgehead atoms. The first-order chi connectivity index (χ1) is 21.8. The summed E-state index contributed by atoms with van der Waals surface area (Å²) >= 11 is 0. The Hall–Kier alpha value is -1.75. The van der Waals surface area contributed by atoms with E-state index in [2.05, 4.69) is 27.7 Å². The number of hydrogen-bond acceptors (Lipinski definition) is 10. The number of carbonyl (C=O) groups is 3. The predicted molar refractivity (Wildman–Crippen MR) is 165 cm³/mol. The van der Waals surface area contributed by atoms with Gasteiger partial charge in [0.15, 0.2) is 0 Å². The van der Waals surface area contributed by atoms with Crippen LogP contribution in [0, 0.1) is 52.3 Å². The average molecular weight is 649 g/mol. The largest absolute Gasteiger partial charge is 0.469 e. The summed E-state index contributed by atoms with van der Waals surface area (Å²) in [5.74, 6) is -1.28. The number of rotatable bonds is 6. The van der Waals surface area contributed by atoms with Gasteiger partial charge in [-0.1, -0.05) is 34.1 Å². The summed E-state index contributed by atoms with van der Waals surface area (Å²) in [6.45, 7) is 12.0. The van der Waals surface area contributed by atoms with Crippen LogP contribution in [0.1, 0.15) is 125 Å². The Kier molecular flexibility index (Phi) is 9.35. The van der Waals surface area contributed by atoms with E-state index in [4.69, 9.17) is 33.8 Å². The lowest BCUT2D eigenvalue weighted by molar-refractivity contribution is -0.671. The van der Waals surface area contributed by atoms with E-state index in [0.29, 0.717) is 32.1 Å². The zero-order chi connectivity index (χ0) is 33.1. The highest BCUT2D eigenvalue weighted by atomic mass is 17.4. The Bertz CT molecular complexity index is 1160. The molecule has 1 aliphatic heterocycles. The molecule has 260 valence electrons. The van der Waals surface area contributed by atoms with Crippen molar-refractivity contribution in [1.29, 1.82) is 0 Å². The van der Waals surface area contributed by atoms with E-state index in [9.17, 15) is 14.4 Å². The number of methoxy groups -OCH3 is 1. The van der Waals surface area contributed by atoms with E-state index in [0.717, 1.165) is 51.4 Å². The number of ether oxygens (including phenoxy) is 3. The third-order valence-electron chi connectivity index (χ3n) is 14.0. The van der Waals surface area contributed by atoms with E-state index in [1.54, 1.807) is 0 Å². The Labute approximate surface area is 274 Å². The van der Waals surface area contributed by atoms with Crippen LogP contribution in [0.3, 0.4) is 0 Å². The van der Waals surface area contributed by atoms with Crippen LogP contribution in [0.2, 0.25) is 0 Å². The standard InChI is InChI=1S/C36H56O10/c1-21(11-14-31(39)40-7)26-12-13-27-32-28(19-30(34(26,27)6)42-24(4)38)33(5)16-17-35(20-25(33)18-29(32)41-23(3)37)43-45-36(46-44-35)15-9-8-10-22(36)2/h21-22,25-30,32H,8-20H2,1-7H3/t21-,22?,25-,26-,27+,28+,29-,30+,32+,33+,34-,35?,36?/m1/s1.